The van der Waals surface area contributed by atoms with Crippen molar-refractivity contribution in [2.75, 3.05) is 11.9 Å². The van der Waals surface area contributed by atoms with E-state index < -0.39 is 8.32 Å². The molecule has 0 aromatic carbocycles. The van der Waals surface area contributed by atoms with Crippen LogP contribution in [0.1, 0.15) is 13.8 Å². The van der Waals surface area contributed by atoms with E-state index in [1.807, 2.05) is 0 Å². The zero-order valence-corrected chi connectivity index (χ0v) is 10.8. The Labute approximate surface area is 79.8 Å². The van der Waals surface area contributed by atoms with E-state index in [0.717, 1.165) is 11.9 Å². The van der Waals surface area contributed by atoms with Gasteiger partial charge in [-0.1, -0.05) is 29.8 Å². The quantitative estimate of drug-likeness (QED) is 0.540. The maximum atomic E-state index is 5.79. The molecule has 3 heteroatoms. The van der Waals surface area contributed by atoms with Gasteiger partial charge < -0.3 is 4.43 Å². The fourth-order valence-corrected chi connectivity index (χ4v) is 1.44. The minimum absolute atomic E-state index is 0.278. The van der Waals surface area contributed by atoms with E-state index in [2.05, 4.69) is 49.4 Å². The summed E-state index contributed by atoms with van der Waals surface area (Å²) in [5.74, 6) is 0. The molecular weight excluding hydrogens is 220 g/mol. The maximum absolute atomic E-state index is 5.79. The van der Waals surface area contributed by atoms with E-state index in [1.54, 1.807) is 0 Å². The van der Waals surface area contributed by atoms with Gasteiger partial charge in [-0.2, -0.15) is 0 Å². The Morgan fingerprint density at radius 3 is 2.00 bits per heavy atom. The average molecular weight is 239 g/mol. The van der Waals surface area contributed by atoms with Crippen LogP contribution in [0.3, 0.4) is 0 Å². The first-order valence-corrected chi connectivity index (χ1v) is 8.50. The lowest BCUT2D eigenvalue weighted by Crippen LogP contribution is -2.32. The molecule has 0 rings (SSSR count). The second-order valence-corrected chi connectivity index (χ2v) is 9.77. The monoisotopic (exact) mass is 238 g/mol. The van der Waals surface area contributed by atoms with E-state index >= 15 is 0 Å². The Bertz CT molecular complexity index is 118. The number of alkyl halides is 1. The molecule has 0 saturated carbocycles. The van der Waals surface area contributed by atoms with Crippen molar-refractivity contribution >= 4 is 24.2 Å². The molecule has 0 aliphatic rings. The van der Waals surface area contributed by atoms with Gasteiger partial charge in [-0.3, -0.25) is 0 Å². The summed E-state index contributed by atoms with van der Waals surface area (Å²) in [6, 6.07) is 0. The molecule has 11 heavy (non-hydrogen) atoms. The topological polar surface area (TPSA) is 9.23 Å². The number of rotatable bonds is 4. The van der Waals surface area contributed by atoms with Crippen molar-refractivity contribution in [2.45, 2.75) is 33.5 Å². The largest absolute Gasteiger partial charge is 0.417 e. The predicted molar refractivity (Wildman–Crippen MR) is 56.9 cm³/mol. The standard InChI is InChI=1S/C8H19BrOSi/c1-8(2,6-9)7-10-11(3,4)5/h6-7H2,1-5H3. The van der Waals surface area contributed by atoms with E-state index in [1.165, 1.54) is 0 Å². The van der Waals surface area contributed by atoms with Crippen LogP contribution in [0, 0.1) is 5.41 Å². The Kier molecular flexibility index (Phi) is 4.30. The highest BCUT2D eigenvalue weighted by Gasteiger charge is 2.21. The van der Waals surface area contributed by atoms with Crippen LogP contribution in [0.15, 0.2) is 0 Å². The SMILES string of the molecule is CC(C)(CBr)CO[Si](C)(C)C. The molecule has 0 N–H and O–H groups in total. The average Bonchev–Trinajstić information content (AvgIpc) is 1.83. The van der Waals surface area contributed by atoms with E-state index in [9.17, 15) is 0 Å². The van der Waals surface area contributed by atoms with Crippen molar-refractivity contribution in [3.8, 4) is 0 Å². The summed E-state index contributed by atoms with van der Waals surface area (Å²) in [6.07, 6.45) is 0. The molecule has 0 heterocycles. The van der Waals surface area contributed by atoms with Crippen molar-refractivity contribution in [3.63, 3.8) is 0 Å². The van der Waals surface area contributed by atoms with Gasteiger partial charge in [-0.15, -0.1) is 0 Å². The molecule has 0 aromatic heterocycles. The number of hydrogen-bond donors (Lipinski definition) is 0. The van der Waals surface area contributed by atoms with Crippen LogP contribution >= 0.6 is 15.9 Å². The van der Waals surface area contributed by atoms with Gasteiger partial charge >= 0.3 is 0 Å². The summed E-state index contributed by atoms with van der Waals surface area (Å²) in [5, 5.41) is 1.00. The summed E-state index contributed by atoms with van der Waals surface area (Å²) in [7, 11) is -1.30. The molecule has 0 aromatic rings. The van der Waals surface area contributed by atoms with Crippen LogP contribution in [0.25, 0.3) is 0 Å². The summed E-state index contributed by atoms with van der Waals surface area (Å²) in [5.41, 5.74) is 0.278. The first kappa shape index (κ1) is 11.7. The predicted octanol–water partition coefficient (Wildman–Crippen LogP) is 3.26. The Morgan fingerprint density at radius 1 is 1.27 bits per heavy atom. The van der Waals surface area contributed by atoms with Gasteiger partial charge in [0.15, 0.2) is 8.32 Å². The molecule has 0 amide bonds. The summed E-state index contributed by atoms with van der Waals surface area (Å²) in [4.78, 5) is 0. The number of hydrogen-bond acceptors (Lipinski definition) is 1. The fraction of sp³-hybridized carbons (Fsp3) is 1.00. The van der Waals surface area contributed by atoms with E-state index in [-0.39, 0.29) is 5.41 Å². The van der Waals surface area contributed by atoms with Gasteiger partial charge in [0, 0.05) is 11.9 Å². The molecule has 0 radical (unpaired) electrons. The van der Waals surface area contributed by atoms with Gasteiger partial charge in [0.2, 0.25) is 0 Å². The van der Waals surface area contributed by atoms with Crippen LogP contribution in [-0.2, 0) is 4.43 Å². The summed E-state index contributed by atoms with van der Waals surface area (Å²) in [6.45, 7) is 11.9. The molecule has 0 aliphatic carbocycles. The third-order valence-electron chi connectivity index (χ3n) is 1.26. The van der Waals surface area contributed by atoms with Crippen LogP contribution in [0.4, 0.5) is 0 Å². The maximum Gasteiger partial charge on any atom is 0.183 e. The second-order valence-electron chi connectivity index (χ2n) is 4.70. The van der Waals surface area contributed by atoms with Gasteiger partial charge in [-0.25, -0.2) is 0 Å². The lowest BCUT2D eigenvalue weighted by molar-refractivity contribution is 0.197. The van der Waals surface area contributed by atoms with Crippen molar-refractivity contribution in [1.29, 1.82) is 0 Å². The smallest absolute Gasteiger partial charge is 0.183 e. The van der Waals surface area contributed by atoms with Crippen LogP contribution in [0.5, 0.6) is 0 Å². The Balaban J connectivity index is 3.70. The number of halogens is 1. The molecule has 0 bridgehead atoms. The minimum atomic E-state index is -1.30. The highest BCUT2D eigenvalue weighted by atomic mass is 79.9. The van der Waals surface area contributed by atoms with Crippen molar-refractivity contribution < 1.29 is 4.43 Å². The van der Waals surface area contributed by atoms with Crippen LogP contribution in [0.2, 0.25) is 19.6 Å². The first-order chi connectivity index (χ1) is 4.77. The zero-order chi connectivity index (χ0) is 9.12. The fourth-order valence-electron chi connectivity index (χ4n) is 0.450. The Morgan fingerprint density at radius 2 is 1.73 bits per heavy atom. The Hall–Kier alpha value is 0.657. The van der Waals surface area contributed by atoms with Crippen LogP contribution in [-0.4, -0.2) is 20.3 Å². The van der Waals surface area contributed by atoms with Crippen molar-refractivity contribution in [2.24, 2.45) is 5.41 Å². The summed E-state index contributed by atoms with van der Waals surface area (Å²) < 4.78 is 5.79. The first-order valence-electron chi connectivity index (χ1n) is 3.97. The molecule has 0 spiro atoms. The molecule has 68 valence electrons. The molecular formula is C8H19BrOSi. The highest BCUT2D eigenvalue weighted by molar-refractivity contribution is 9.09. The van der Waals surface area contributed by atoms with E-state index in [4.69, 9.17) is 4.43 Å². The van der Waals surface area contributed by atoms with E-state index in [0.29, 0.717) is 0 Å². The van der Waals surface area contributed by atoms with Crippen molar-refractivity contribution in [3.05, 3.63) is 0 Å². The second kappa shape index (κ2) is 4.05. The highest BCUT2D eigenvalue weighted by Crippen LogP contribution is 2.20. The van der Waals surface area contributed by atoms with Gasteiger partial charge in [0.05, 0.1) is 0 Å². The molecule has 0 saturated heterocycles. The van der Waals surface area contributed by atoms with Gasteiger partial charge in [0.1, 0.15) is 0 Å². The normalized spacial score (nSPS) is 13.6. The van der Waals surface area contributed by atoms with Gasteiger partial charge in [-0.05, 0) is 25.1 Å². The molecule has 0 atom stereocenters. The van der Waals surface area contributed by atoms with Crippen molar-refractivity contribution in [1.82, 2.24) is 0 Å². The lowest BCUT2D eigenvalue weighted by atomic mass is 9.99. The minimum Gasteiger partial charge on any atom is -0.417 e. The molecule has 0 fully saturated rings. The molecule has 0 aliphatic heterocycles. The zero-order valence-electron chi connectivity index (χ0n) is 8.20. The third-order valence-corrected chi connectivity index (χ3v) is 3.79. The van der Waals surface area contributed by atoms with Gasteiger partial charge in [0.25, 0.3) is 0 Å². The molecule has 0 unspecified atom stereocenters. The third kappa shape index (κ3) is 7.03. The molecule has 1 nitrogen and oxygen atoms in total. The summed E-state index contributed by atoms with van der Waals surface area (Å²) >= 11 is 3.47. The van der Waals surface area contributed by atoms with Crippen LogP contribution < -0.4 is 0 Å². The lowest BCUT2D eigenvalue weighted by Gasteiger charge is -2.26.